The van der Waals surface area contributed by atoms with Gasteiger partial charge in [0.2, 0.25) is 0 Å². The highest BCUT2D eigenvalue weighted by Crippen LogP contribution is 2.42. The Balaban J connectivity index is 0.969. The summed E-state index contributed by atoms with van der Waals surface area (Å²) in [6.45, 7) is 5.89. The molecule has 4 aromatic carbocycles. The normalized spacial score (nSPS) is 20.7. The van der Waals surface area contributed by atoms with Crippen molar-refractivity contribution in [2.45, 2.75) is 64.0 Å². The Kier molecular flexibility index (Phi) is 7.78. The van der Waals surface area contributed by atoms with Gasteiger partial charge in [-0.2, -0.15) is 0 Å². The fourth-order valence-electron chi connectivity index (χ4n) is 8.14. The van der Waals surface area contributed by atoms with Crippen LogP contribution < -0.4 is 0 Å². The van der Waals surface area contributed by atoms with E-state index in [1.165, 1.54) is 110 Å². The van der Waals surface area contributed by atoms with Crippen molar-refractivity contribution in [3.63, 3.8) is 0 Å². The zero-order chi connectivity index (χ0) is 27.5. The Labute approximate surface area is 247 Å². The molecule has 1 saturated carbocycles. The van der Waals surface area contributed by atoms with Crippen molar-refractivity contribution in [1.29, 1.82) is 0 Å². The van der Waals surface area contributed by atoms with E-state index in [2.05, 4.69) is 113 Å². The van der Waals surface area contributed by atoms with Crippen LogP contribution in [0.3, 0.4) is 0 Å². The molecule has 0 aromatic heterocycles. The molecule has 3 aliphatic rings. The van der Waals surface area contributed by atoms with Crippen LogP contribution in [0.25, 0.3) is 11.1 Å². The Hall–Kier alpha value is -3.20. The van der Waals surface area contributed by atoms with Crippen molar-refractivity contribution in [2.75, 3.05) is 26.2 Å². The lowest BCUT2D eigenvalue weighted by Gasteiger charge is -2.39. The van der Waals surface area contributed by atoms with E-state index < -0.39 is 0 Å². The predicted octanol–water partition coefficient (Wildman–Crippen LogP) is 8.18. The zero-order valence-corrected chi connectivity index (χ0v) is 24.5. The van der Waals surface area contributed by atoms with E-state index in [1.54, 1.807) is 0 Å². The average molecular weight is 541 g/mol. The van der Waals surface area contributed by atoms with Gasteiger partial charge in [-0.25, -0.2) is 0 Å². The van der Waals surface area contributed by atoms with Gasteiger partial charge in [-0.05, 0) is 89.3 Å². The second kappa shape index (κ2) is 12.0. The van der Waals surface area contributed by atoms with Crippen LogP contribution in [-0.2, 0) is 25.8 Å². The summed E-state index contributed by atoms with van der Waals surface area (Å²) in [4.78, 5) is 5.53. The van der Waals surface area contributed by atoms with Crippen molar-refractivity contribution >= 4 is 0 Å². The number of benzene rings is 4. The van der Waals surface area contributed by atoms with Crippen LogP contribution in [-0.4, -0.2) is 42.0 Å². The molecular formula is C39H44N2. The van der Waals surface area contributed by atoms with E-state index in [0.717, 1.165) is 19.0 Å². The molecule has 0 bridgehead atoms. The largest absolute Gasteiger partial charge is 0.298 e. The summed E-state index contributed by atoms with van der Waals surface area (Å²) < 4.78 is 0. The summed E-state index contributed by atoms with van der Waals surface area (Å²) in [5, 5.41) is 0. The monoisotopic (exact) mass is 540 g/mol. The Morgan fingerprint density at radius 3 is 1.98 bits per heavy atom. The molecule has 41 heavy (non-hydrogen) atoms. The molecule has 2 nitrogen and oxygen atoms in total. The number of nitrogens with zero attached hydrogens (tertiary/aromatic N) is 2. The number of rotatable bonds is 7. The highest BCUT2D eigenvalue weighted by atomic mass is 15.3. The summed E-state index contributed by atoms with van der Waals surface area (Å²) in [7, 11) is 0. The molecule has 1 saturated heterocycles. The van der Waals surface area contributed by atoms with Crippen LogP contribution in [0.5, 0.6) is 0 Å². The lowest BCUT2D eigenvalue weighted by Crippen LogP contribution is -2.49. The maximum atomic E-state index is 2.84. The summed E-state index contributed by atoms with van der Waals surface area (Å²) >= 11 is 0. The molecule has 0 amide bonds. The minimum atomic E-state index is 0.368. The van der Waals surface area contributed by atoms with Gasteiger partial charge in [0, 0.05) is 38.8 Å². The lowest BCUT2D eigenvalue weighted by atomic mass is 9.71. The fourth-order valence-corrected chi connectivity index (χ4v) is 8.14. The third-order valence-electron chi connectivity index (χ3n) is 10.3. The molecule has 2 heteroatoms. The van der Waals surface area contributed by atoms with Crippen molar-refractivity contribution in [1.82, 2.24) is 9.80 Å². The summed E-state index contributed by atoms with van der Waals surface area (Å²) in [6.07, 6.45) is 10.2. The van der Waals surface area contributed by atoms with Crippen LogP contribution in [0, 0.1) is 5.41 Å². The highest BCUT2D eigenvalue weighted by Gasteiger charge is 2.35. The molecule has 2 aliphatic carbocycles. The first-order chi connectivity index (χ1) is 20.2. The van der Waals surface area contributed by atoms with Gasteiger partial charge in [0.1, 0.15) is 0 Å². The van der Waals surface area contributed by atoms with E-state index in [4.69, 9.17) is 0 Å². The maximum absolute atomic E-state index is 2.84. The van der Waals surface area contributed by atoms with E-state index in [1.807, 2.05) is 0 Å². The van der Waals surface area contributed by atoms with E-state index >= 15 is 0 Å². The third-order valence-corrected chi connectivity index (χ3v) is 10.3. The molecular weight excluding hydrogens is 496 g/mol. The molecule has 210 valence electrons. The molecule has 4 aromatic rings. The fraction of sp³-hybridized carbons (Fsp3) is 0.385. The number of hydrogen-bond donors (Lipinski definition) is 0. The molecule has 0 spiro atoms. The van der Waals surface area contributed by atoms with E-state index in [0.29, 0.717) is 5.41 Å². The molecule has 1 atom stereocenters. The van der Waals surface area contributed by atoms with Crippen LogP contribution in [0.4, 0.5) is 0 Å². The Morgan fingerprint density at radius 1 is 0.585 bits per heavy atom. The van der Waals surface area contributed by atoms with Crippen molar-refractivity contribution in [2.24, 2.45) is 5.41 Å². The van der Waals surface area contributed by atoms with Gasteiger partial charge in [0.15, 0.2) is 0 Å². The van der Waals surface area contributed by atoms with Gasteiger partial charge < -0.3 is 0 Å². The van der Waals surface area contributed by atoms with E-state index in [-0.39, 0.29) is 0 Å². The standard InChI is InChI=1S/C39H44N2/c1-3-10-31(11-4-1)28-39(29-32-12-5-2-6-13-32)20-9-15-36(19-21-39)41-24-22-40(23-25-41)30-33-17-18-38-35(26-33)27-34-14-7-8-16-37(34)38/h1-8,10-14,16-18,26,36H,9,15,19-25,27-30H2. The van der Waals surface area contributed by atoms with Crippen molar-refractivity contribution in [3.05, 3.63) is 131 Å². The molecule has 0 radical (unpaired) electrons. The third kappa shape index (κ3) is 6.05. The van der Waals surface area contributed by atoms with Gasteiger partial charge in [0.05, 0.1) is 0 Å². The molecule has 0 N–H and O–H groups in total. The van der Waals surface area contributed by atoms with Gasteiger partial charge in [-0.15, -0.1) is 0 Å². The molecule has 2 fully saturated rings. The summed E-state index contributed by atoms with van der Waals surface area (Å²) in [5.74, 6) is 0. The van der Waals surface area contributed by atoms with Gasteiger partial charge in [-0.3, -0.25) is 9.80 Å². The quantitative estimate of drug-likeness (QED) is 0.192. The number of piperazine rings is 1. The Morgan fingerprint density at radius 2 is 1.24 bits per heavy atom. The summed E-state index contributed by atoms with van der Waals surface area (Å²) in [6, 6.07) is 39.4. The number of hydrogen-bond acceptors (Lipinski definition) is 2. The maximum Gasteiger partial charge on any atom is 0.0234 e. The minimum absolute atomic E-state index is 0.368. The van der Waals surface area contributed by atoms with Crippen molar-refractivity contribution < 1.29 is 0 Å². The molecule has 1 aliphatic heterocycles. The first-order valence-electron chi connectivity index (χ1n) is 16.0. The average Bonchev–Trinajstić information content (AvgIpc) is 3.26. The van der Waals surface area contributed by atoms with Crippen LogP contribution in [0.1, 0.15) is 59.9 Å². The van der Waals surface area contributed by atoms with Crippen LogP contribution in [0.2, 0.25) is 0 Å². The smallest absolute Gasteiger partial charge is 0.0234 e. The first kappa shape index (κ1) is 26.7. The topological polar surface area (TPSA) is 6.48 Å². The zero-order valence-electron chi connectivity index (χ0n) is 24.5. The van der Waals surface area contributed by atoms with Crippen LogP contribution >= 0.6 is 0 Å². The summed E-state index contributed by atoms with van der Waals surface area (Å²) in [5.41, 5.74) is 10.7. The van der Waals surface area contributed by atoms with Gasteiger partial charge >= 0.3 is 0 Å². The van der Waals surface area contributed by atoms with E-state index in [9.17, 15) is 0 Å². The highest BCUT2D eigenvalue weighted by molar-refractivity contribution is 5.76. The lowest BCUT2D eigenvalue weighted by molar-refractivity contribution is 0.0830. The van der Waals surface area contributed by atoms with Gasteiger partial charge in [0.25, 0.3) is 0 Å². The molecule has 7 rings (SSSR count). The Bertz CT molecular complexity index is 1390. The number of fused-ring (bicyclic) bond motifs is 3. The molecule has 1 unspecified atom stereocenters. The second-order valence-electron chi connectivity index (χ2n) is 13.0. The SMILES string of the molecule is c1ccc(CC2(Cc3ccccc3)CCCC(N3CCN(Cc4ccc5c(c4)Cc4ccccc4-5)CC3)CC2)cc1. The predicted molar refractivity (Wildman–Crippen MR) is 171 cm³/mol. The minimum Gasteiger partial charge on any atom is -0.298 e. The van der Waals surface area contributed by atoms with Crippen molar-refractivity contribution in [3.8, 4) is 11.1 Å². The first-order valence-corrected chi connectivity index (χ1v) is 16.0. The second-order valence-corrected chi connectivity index (χ2v) is 13.0. The van der Waals surface area contributed by atoms with Crippen LogP contribution in [0.15, 0.2) is 103 Å². The van der Waals surface area contributed by atoms with Gasteiger partial charge in [-0.1, -0.05) is 110 Å². The molecule has 1 heterocycles.